The number of nitrogen functional groups attached to an aromatic ring is 2. The molecule has 4 unspecified atom stereocenters. The zero-order valence-electron chi connectivity index (χ0n) is 26.9. The van der Waals surface area contributed by atoms with E-state index in [9.17, 15) is 58.3 Å². The molecule has 4 aromatic heterocycles. The Labute approximate surface area is 297 Å². The summed E-state index contributed by atoms with van der Waals surface area (Å²) < 4.78 is 80.8. The summed E-state index contributed by atoms with van der Waals surface area (Å²) >= 11 is 0. The van der Waals surface area contributed by atoms with Crippen molar-refractivity contribution < 1.29 is 85.4 Å². The van der Waals surface area contributed by atoms with Crippen molar-refractivity contribution in [3.63, 3.8) is 0 Å². The van der Waals surface area contributed by atoms with Gasteiger partial charge in [-0.25, -0.2) is 42.7 Å². The van der Waals surface area contributed by atoms with Crippen LogP contribution in [0, 0.1) is 0 Å². The fourth-order valence-electron chi connectivity index (χ4n) is 4.35. The van der Waals surface area contributed by atoms with Gasteiger partial charge < -0.3 is 60.9 Å². The van der Waals surface area contributed by atoms with Gasteiger partial charge >= 0.3 is 30.8 Å². The zero-order valence-corrected chi connectivity index (χ0v) is 30.5. The normalized spacial score (nSPS) is 19.2. The van der Waals surface area contributed by atoms with Crippen molar-refractivity contribution in [2.75, 3.05) is 57.0 Å². The molecule has 0 aliphatic carbocycles. The maximum Gasteiger partial charge on any atom is 0.479 e. The number of nitrogens with zero attached hydrogens (tertiary/aromatic N) is 7. The lowest BCUT2D eigenvalue weighted by atomic mass is 10.3. The molecule has 31 heteroatoms. The number of phosphoric ester groups is 2. The number of hydrogen-bond donors (Lipinski definition) is 10. The molecule has 12 N–H and O–H groups in total. The van der Waals surface area contributed by atoms with E-state index in [0.717, 1.165) is 6.33 Å². The highest BCUT2D eigenvalue weighted by Gasteiger charge is 2.44. The topological polar surface area (TPSA) is 412 Å². The van der Waals surface area contributed by atoms with Crippen LogP contribution < -0.4 is 11.5 Å². The van der Waals surface area contributed by atoms with Crippen molar-refractivity contribution in [3.8, 4) is 0 Å². The van der Waals surface area contributed by atoms with E-state index in [1.807, 2.05) is 0 Å². The number of aliphatic hydroxyl groups is 4. The highest BCUT2D eigenvalue weighted by atomic mass is 31.3. The molecule has 0 saturated carbocycles. The number of rotatable bonds is 22. The van der Waals surface area contributed by atoms with E-state index in [-0.39, 0.29) is 33.8 Å². The number of nitrogens with two attached hydrogens (primary N) is 2. The van der Waals surface area contributed by atoms with Gasteiger partial charge in [-0.15, -0.1) is 0 Å². The molecule has 0 saturated heterocycles. The average molecular weight is 837 g/mol. The summed E-state index contributed by atoms with van der Waals surface area (Å²) in [6, 6.07) is 1.47. The van der Waals surface area contributed by atoms with Gasteiger partial charge in [0.05, 0.1) is 58.0 Å². The highest BCUT2D eigenvalue weighted by molar-refractivity contribution is 7.76. The third-order valence-electron chi connectivity index (χ3n) is 6.58. The second-order valence-corrected chi connectivity index (χ2v) is 17.9. The lowest BCUT2D eigenvalue weighted by molar-refractivity contribution is -0.109. The monoisotopic (exact) mass is 837 g/mol. The number of pyridine rings is 1. The van der Waals surface area contributed by atoms with E-state index in [4.69, 9.17) is 20.9 Å². The Hall–Kier alpha value is -2.87. The SMILES string of the molecule is Nc1ccnc2c1ncn2[C@@H](CO)O[C@@H](CO)COP(=O)(O)OP(=O)(O)CP(=O)(O)OP(=O)(O)OC[C@H](CO)O[C@H](CO)n1cnc2c(N)ncnc21. The molecule has 0 fully saturated rings. The van der Waals surface area contributed by atoms with Gasteiger partial charge in [0.2, 0.25) is 0 Å². The standard InChI is InChI=1S/C22H35N9O18P4/c23-15-1-2-25-21-18(15)28-10-30(21)16(5-34)46-13(3-32)7-44-52(40,41)48-50(36,37)12-51(38,39)49-53(42,43)45-8-14(4-33)47-17(6-35)31-11-29-19-20(24)26-9-27-22(19)31/h1-2,9-11,13-14,16-17,32-35H,3-8,12H2,(H2,23,25)(H,36,37)(H,38,39)(H,40,41)(H,42,43)(H2,24,26,27)/t13-,14-,16+,17+/m0/s1. The lowest BCUT2D eigenvalue weighted by Crippen LogP contribution is -2.29. The average Bonchev–Trinajstić information content (AvgIpc) is 3.70. The number of ether oxygens (including phenoxy) is 2. The van der Waals surface area contributed by atoms with Crippen LogP contribution in [0.15, 0.2) is 31.2 Å². The molecular formula is C22H35N9O18P4. The first kappa shape index (κ1) is 42.9. The van der Waals surface area contributed by atoms with Gasteiger partial charge in [-0.1, -0.05) is 0 Å². The second kappa shape index (κ2) is 17.7. The van der Waals surface area contributed by atoms with Gasteiger partial charge in [-0.2, -0.15) is 0 Å². The summed E-state index contributed by atoms with van der Waals surface area (Å²) in [6.45, 7) is -5.31. The van der Waals surface area contributed by atoms with Crippen molar-refractivity contribution in [2.24, 2.45) is 0 Å². The minimum Gasteiger partial charge on any atom is -0.397 e. The smallest absolute Gasteiger partial charge is 0.397 e. The molecule has 8 atom stereocenters. The first-order valence-corrected chi connectivity index (χ1v) is 21.1. The summed E-state index contributed by atoms with van der Waals surface area (Å²) in [6.07, 6.45) is -0.794. The maximum atomic E-state index is 12.5. The molecule has 0 spiro atoms. The first-order valence-electron chi connectivity index (χ1n) is 14.6. The fraction of sp³-hybridized carbons (Fsp3) is 0.500. The van der Waals surface area contributed by atoms with Crippen molar-refractivity contribution >= 4 is 64.7 Å². The van der Waals surface area contributed by atoms with Crippen LogP contribution in [0.3, 0.4) is 0 Å². The van der Waals surface area contributed by atoms with Crippen molar-refractivity contribution in [1.82, 2.24) is 34.1 Å². The Balaban J connectivity index is 1.30. The Morgan fingerprint density at radius 2 is 1.13 bits per heavy atom. The van der Waals surface area contributed by atoms with E-state index >= 15 is 0 Å². The molecule has 0 amide bonds. The van der Waals surface area contributed by atoms with Crippen LogP contribution in [0.5, 0.6) is 0 Å². The van der Waals surface area contributed by atoms with E-state index in [1.165, 1.54) is 34.1 Å². The minimum atomic E-state index is -5.68. The van der Waals surface area contributed by atoms with Gasteiger partial charge in [0, 0.05) is 6.20 Å². The fourth-order valence-corrected chi connectivity index (χ4v) is 11.2. The van der Waals surface area contributed by atoms with Crippen LogP contribution in [0.4, 0.5) is 11.5 Å². The number of aromatic nitrogens is 7. The number of hydrogen-bond acceptors (Lipinski definition) is 21. The Morgan fingerprint density at radius 3 is 1.60 bits per heavy atom. The van der Waals surface area contributed by atoms with E-state index < -0.39 is 101 Å². The third kappa shape index (κ3) is 11.6. The lowest BCUT2D eigenvalue weighted by Gasteiger charge is -2.25. The van der Waals surface area contributed by atoms with Gasteiger partial charge in [0.25, 0.3) is 0 Å². The molecular weight excluding hydrogens is 802 g/mol. The van der Waals surface area contributed by atoms with E-state index in [1.54, 1.807) is 0 Å². The maximum absolute atomic E-state index is 12.5. The van der Waals surface area contributed by atoms with Gasteiger partial charge in [0.15, 0.2) is 35.5 Å². The number of phosphoric acid groups is 2. The minimum absolute atomic E-state index is 0.00441. The molecule has 53 heavy (non-hydrogen) atoms. The molecule has 0 aliphatic heterocycles. The van der Waals surface area contributed by atoms with Crippen LogP contribution in [0.25, 0.3) is 22.3 Å². The van der Waals surface area contributed by atoms with Crippen molar-refractivity contribution in [2.45, 2.75) is 24.7 Å². The summed E-state index contributed by atoms with van der Waals surface area (Å²) in [5.74, 6) is -2.03. The molecule has 4 heterocycles. The Kier molecular flexibility index (Phi) is 14.3. The molecule has 0 aliphatic rings. The number of imidazole rings is 2. The van der Waals surface area contributed by atoms with Gasteiger partial charge in [0.1, 0.15) is 29.6 Å². The number of fused-ring (bicyclic) bond motifs is 2. The first-order chi connectivity index (χ1) is 24.8. The van der Waals surface area contributed by atoms with Gasteiger partial charge in [-0.3, -0.25) is 27.3 Å². The second-order valence-electron chi connectivity index (χ2n) is 10.6. The van der Waals surface area contributed by atoms with Crippen LogP contribution in [-0.4, -0.2) is 132 Å². The predicted octanol–water partition coefficient (Wildman–Crippen LogP) is -1.23. The Morgan fingerprint density at radius 1 is 0.660 bits per heavy atom. The molecule has 0 aromatic carbocycles. The third-order valence-corrected chi connectivity index (χ3v) is 14.1. The summed E-state index contributed by atoms with van der Waals surface area (Å²) in [5, 5.41) is 39.0. The summed E-state index contributed by atoms with van der Waals surface area (Å²) in [5.41, 5.74) is 12.5. The molecule has 0 radical (unpaired) electrons. The number of anilines is 2. The summed E-state index contributed by atoms with van der Waals surface area (Å²) in [7, 11) is -22.6. The zero-order chi connectivity index (χ0) is 39.2. The molecule has 4 aromatic rings. The molecule has 4 rings (SSSR count). The largest absolute Gasteiger partial charge is 0.479 e. The van der Waals surface area contributed by atoms with E-state index in [2.05, 4.69) is 42.6 Å². The van der Waals surface area contributed by atoms with Crippen molar-refractivity contribution in [3.05, 3.63) is 31.2 Å². The van der Waals surface area contributed by atoms with Crippen LogP contribution in [0.1, 0.15) is 12.5 Å². The summed E-state index contributed by atoms with van der Waals surface area (Å²) in [4.78, 5) is 60.0. The molecule has 27 nitrogen and oxygen atoms in total. The van der Waals surface area contributed by atoms with Crippen LogP contribution >= 0.6 is 30.8 Å². The predicted molar refractivity (Wildman–Crippen MR) is 176 cm³/mol. The van der Waals surface area contributed by atoms with E-state index in [0.29, 0.717) is 0 Å². The Bertz CT molecular complexity index is 1910. The number of aliphatic hydroxyl groups excluding tert-OH is 4. The van der Waals surface area contributed by atoms with Gasteiger partial charge in [-0.05, 0) is 6.07 Å². The van der Waals surface area contributed by atoms with Crippen molar-refractivity contribution in [1.29, 1.82) is 0 Å². The highest BCUT2D eigenvalue weighted by Crippen LogP contribution is 2.70. The molecule has 296 valence electrons. The van der Waals surface area contributed by atoms with Crippen LogP contribution in [0.2, 0.25) is 0 Å². The quantitative estimate of drug-likeness (QED) is 0.0414. The van der Waals surface area contributed by atoms with Crippen LogP contribution in [-0.2, 0) is 45.4 Å². The molecule has 0 bridgehead atoms.